The van der Waals surface area contributed by atoms with Crippen LogP contribution < -0.4 is 0 Å². The fourth-order valence-electron chi connectivity index (χ4n) is 5.76. The van der Waals surface area contributed by atoms with Gasteiger partial charge >= 0.3 is 0 Å². The zero-order valence-corrected chi connectivity index (χ0v) is 18.5. The molecule has 25 heavy (non-hydrogen) atoms. The van der Waals surface area contributed by atoms with E-state index in [1.54, 1.807) is 0 Å². The molecule has 2 saturated carbocycles. The SMILES string of the molecule is CN1CCCCC1CC(C1CCCCC1)C1CCC(C)(F)CC1.S.S. The number of piperidine rings is 1. The maximum atomic E-state index is 14.3. The van der Waals surface area contributed by atoms with Crippen molar-refractivity contribution in [3.8, 4) is 0 Å². The first-order chi connectivity index (χ1) is 11.1. The summed E-state index contributed by atoms with van der Waals surface area (Å²) in [4.78, 5) is 2.63. The number of hydrogen-bond acceptors (Lipinski definition) is 1. The Balaban J connectivity index is 0.00000156. The van der Waals surface area contributed by atoms with Crippen molar-refractivity contribution in [2.75, 3.05) is 13.6 Å². The molecule has 0 spiro atoms. The molecule has 0 bridgehead atoms. The zero-order chi connectivity index (χ0) is 16.3. The Morgan fingerprint density at radius 1 is 0.880 bits per heavy atom. The molecule has 0 N–H and O–H groups in total. The minimum absolute atomic E-state index is 0. The Morgan fingerprint density at radius 3 is 2.04 bits per heavy atom. The summed E-state index contributed by atoms with van der Waals surface area (Å²) in [5.41, 5.74) is -0.880. The van der Waals surface area contributed by atoms with E-state index < -0.39 is 5.67 Å². The molecule has 3 rings (SSSR count). The predicted molar refractivity (Wildman–Crippen MR) is 117 cm³/mol. The molecule has 0 aromatic rings. The second kappa shape index (κ2) is 10.8. The van der Waals surface area contributed by atoms with Crippen molar-refractivity contribution in [3.63, 3.8) is 0 Å². The van der Waals surface area contributed by atoms with E-state index >= 15 is 0 Å². The first kappa shape index (κ1) is 23.6. The molecule has 1 nitrogen and oxygen atoms in total. The van der Waals surface area contributed by atoms with Gasteiger partial charge in [-0.3, -0.25) is 0 Å². The lowest BCUT2D eigenvalue weighted by molar-refractivity contribution is 0.0395. The Labute approximate surface area is 169 Å². The van der Waals surface area contributed by atoms with E-state index in [2.05, 4.69) is 11.9 Å². The van der Waals surface area contributed by atoms with Gasteiger partial charge in [0.25, 0.3) is 0 Å². The van der Waals surface area contributed by atoms with E-state index in [1.165, 1.54) is 64.3 Å². The van der Waals surface area contributed by atoms with Crippen LogP contribution in [0.2, 0.25) is 0 Å². The molecule has 4 heteroatoms. The van der Waals surface area contributed by atoms with Crippen LogP contribution in [0.25, 0.3) is 0 Å². The van der Waals surface area contributed by atoms with Gasteiger partial charge in [0.2, 0.25) is 0 Å². The third kappa shape index (κ3) is 6.60. The highest BCUT2D eigenvalue weighted by Crippen LogP contribution is 2.45. The third-order valence-corrected chi connectivity index (χ3v) is 7.40. The molecule has 0 radical (unpaired) electrons. The van der Waals surface area contributed by atoms with Crippen LogP contribution in [0.5, 0.6) is 0 Å². The van der Waals surface area contributed by atoms with Gasteiger partial charge in [-0.2, -0.15) is 27.0 Å². The molecule has 1 heterocycles. The van der Waals surface area contributed by atoms with Gasteiger partial charge in [-0.25, -0.2) is 4.39 Å². The highest BCUT2D eigenvalue weighted by Gasteiger charge is 2.38. The molecular formula is C21H42FNS2. The lowest BCUT2D eigenvalue weighted by Crippen LogP contribution is -2.41. The molecule has 1 aliphatic heterocycles. The highest BCUT2D eigenvalue weighted by molar-refractivity contribution is 7.59. The number of rotatable bonds is 4. The average molecular weight is 392 g/mol. The van der Waals surface area contributed by atoms with E-state index in [0.717, 1.165) is 49.5 Å². The van der Waals surface area contributed by atoms with Crippen LogP contribution in [-0.2, 0) is 0 Å². The predicted octanol–water partition coefficient (Wildman–Crippen LogP) is 6.20. The minimum atomic E-state index is -0.880. The number of halogens is 1. The largest absolute Gasteiger partial charge is 0.303 e. The third-order valence-electron chi connectivity index (χ3n) is 7.40. The van der Waals surface area contributed by atoms with Crippen molar-refractivity contribution in [1.29, 1.82) is 0 Å². The maximum Gasteiger partial charge on any atom is 0.108 e. The van der Waals surface area contributed by atoms with Gasteiger partial charge in [0.05, 0.1) is 0 Å². The molecule has 150 valence electrons. The number of alkyl halides is 1. The Kier molecular flexibility index (Phi) is 10.2. The van der Waals surface area contributed by atoms with Crippen molar-refractivity contribution < 1.29 is 4.39 Å². The normalized spacial score (nSPS) is 36.1. The van der Waals surface area contributed by atoms with Gasteiger partial charge < -0.3 is 4.90 Å². The van der Waals surface area contributed by atoms with E-state index in [1.807, 2.05) is 6.92 Å². The van der Waals surface area contributed by atoms with Crippen LogP contribution in [0.3, 0.4) is 0 Å². The summed E-state index contributed by atoms with van der Waals surface area (Å²) in [6.07, 6.45) is 16.7. The molecule has 2 aliphatic carbocycles. The van der Waals surface area contributed by atoms with Gasteiger partial charge in [0.1, 0.15) is 5.67 Å². The van der Waals surface area contributed by atoms with Gasteiger partial charge in [0, 0.05) is 6.04 Å². The molecule has 2 atom stereocenters. The van der Waals surface area contributed by atoms with Crippen molar-refractivity contribution in [3.05, 3.63) is 0 Å². The molecule has 1 saturated heterocycles. The molecular weight excluding hydrogens is 349 g/mol. The zero-order valence-electron chi connectivity index (χ0n) is 16.5. The summed E-state index contributed by atoms with van der Waals surface area (Å²) in [7, 11) is 2.33. The maximum absolute atomic E-state index is 14.3. The molecule has 0 aromatic heterocycles. The number of likely N-dealkylation sites (tertiary alicyclic amines) is 1. The molecule has 2 unspecified atom stereocenters. The van der Waals surface area contributed by atoms with Gasteiger partial charge in [-0.1, -0.05) is 38.5 Å². The fourth-order valence-corrected chi connectivity index (χ4v) is 5.76. The summed E-state index contributed by atoms with van der Waals surface area (Å²) in [6.45, 7) is 3.11. The van der Waals surface area contributed by atoms with Crippen LogP contribution in [0.15, 0.2) is 0 Å². The molecule has 0 amide bonds. The molecule has 3 aliphatic rings. The van der Waals surface area contributed by atoms with E-state index in [0.29, 0.717) is 0 Å². The first-order valence-electron chi connectivity index (χ1n) is 10.4. The Bertz CT molecular complexity index is 361. The highest BCUT2D eigenvalue weighted by atomic mass is 32.1. The van der Waals surface area contributed by atoms with Crippen molar-refractivity contribution in [2.24, 2.45) is 17.8 Å². The number of nitrogens with zero attached hydrogens (tertiary/aromatic N) is 1. The van der Waals surface area contributed by atoms with Crippen molar-refractivity contribution in [1.82, 2.24) is 4.90 Å². The fraction of sp³-hybridized carbons (Fsp3) is 1.00. The topological polar surface area (TPSA) is 3.24 Å². The van der Waals surface area contributed by atoms with E-state index in [4.69, 9.17) is 0 Å². The second-order valence-corrected chi connectivity index (χ2v) is 9.18. The molecule has 3 fully saturated rings. The Morgan fingerprint density at radius 2 is 1.44 bits per heavy atom. The lowest BCUT2D eigenvalue weighted by Gasteiger charge is -2.44. The summed E-state index contributed by atoms with van der Waals surface area (Å²) < 4.78 is 14.3. The van der Waals surface area contributed by atoms with E-state index in [-0.39, 0.29) is 27.0 Å². The molecule has 0 aromatic carbocycles. The van der Waals surface area contributed by atoms with Crippen molar-refractivity contribution in [2.45, 2.75) is 102 Å². The van der Waals surface area contributed by atoms with Crippen LogP contribution >= 0.6 is 27.0 Å². The van der Waals surface area contributed by atoms with Crippen LogP contribution in [-0.4, -0.2) is 30.2 Å². The van der Waals surface area contributed by atoms with E-state index in [9.17, 15) is 4.39 Å². The van der Waals surface area contributed by atoms with Gasteiger partial charge in [0.15, 0.2) is 0 Å². The standard InChI is InChI=1S/C21H38FN.2H2S/c1-21(22)13-11-18(12-14-21)20(17-8-4-3-5-9-17)16-19-10-6-7-15-23(19)2;;/h17-20H,3-16H2,1-2H3;2*1H2. The minimum Gasteiger partial charge on any atom is -0.303 e. The van der Waals surface area contributed by atoms with Gasteiger partial charge in [-0.15, -0.1) is 0 Å². The lowest BCUT2D eigenvalue weighted by atomic mass is 9.65. The van der Waals surface area contributed by atoms with Crippen LogP contribution in [0, 0.1) is 17.8 Å². The summed E-state index contributed by atoms with van der Waals surface area (Å²) in [5.74, 6) is 2.61. The Hall–Kier alpha value is 0.590. The van der Waals surface area contributed by atoms with Crippen molar-refractivity contribution >= 4 is 27.0 Å². The average Bonchev–Trinajstić information content (AvgIpc) is 2.55. The monoisotopic (exact) mass is 391 g/mol. The summed E-state index contributed by atoms with van der Waals surface area (Å²) >= 11 is 0. The second-order valence-electron chi connectivity index (χ2n) is 9.18. The summed E-state index contributed by atoms with van der Waals surface area (Å²) in [5, 5.41) is 0. The van der Waals surface area contributed by atoms with Crippen LogP contribution in [0.4, 0.5) is 4.39 Å². The van der Waals surface area contributed by atoms with Crippen LogP contribution in [0.1, 0.15) is 90.4 Å². The first-order valence-corrected chi connectivity index (χ1v) is 10.4. The quantitative estimate of drug-likeness (QED) is 0.551. The van der Waals surface area contributed by atoms with Gasteiger partial charge in [-0.05, 0) is 83.2 Å². The summed E-state index contributed by atoms with van der Waals surface area (Å²) in [6, 6.07) is 0.800. The number of hydrogen-bond donors (Lipinski definition) is 0. The smallest absolute Gasteiger partial charge is 0.108 e.